The summed E-state index contributed by atoms with van der Waals surface area (Å²) in [5, 5.41) is 5.93. The van der Waals surface area contributed by atoms with Crippen LogP contribution in [0.4, 0.5) is 4.79 Å². The number of imide groups is 1. The molecule has 1 spiro atoms. The molecule has 2 heterocycles. The summed E-state index contributed by atoms with van der Waals surface area (Å²) in [5.41, 5.74) is -0.600. The van der Waals surface area contributed by atoms with E-state index in [0.717, 1.165) is 13.1 Å². The zero-order chi connectivity index (χ0) is 9.47. The van der Waals surface area contributed by atoms with Crippen LogP contribution in [0.25, 0.3) is 0 Å². The van der Waals surface area contributed by atoms with Gasteiger partial charge >= 0.3 is 6.03 Å². The molecule has 0 aromatic carbocycles. The van der Waals surface area contributed by atoms with Crippen molar-refractivity contribution < 1.29 is 9.59 Å². The number of nitrogens with one attached hydrogen (secondary N) is 2. The predicted molar refractivity (Wildman–Crippen MR) is 53.4 cm³/mol. The number of amides is 3. The number of hydrogen-bond acceptors (Lipinski definition) is 3. The fourth-order valence-electron chi connectivity index (χ4n) is 1.95. The van der Waals surface area contributed by atoms with E-state index in [1.807, 2.05) is 0 Å². The summed E-state index contributed by atoms with van der Waals surface area (Å²) in [4.78, 5) is 24.1. The largest absolute Gasteiger partial charge is 0.324 e. The monoisotopic (exact) mass is 219 g/mol. The van der Waals surface area contributed by atoms with E-state index in [0.29, 0.717) is 12.8 Å². The number of carbonyl (C=O) groups excluding carboxylic acids is 2. The molecule has 14 heavy (non-hydrogen) atoms. The van der Waals surface area contributed by atoms with Gasteiger partial charge in [-0.1, -0.05) is 0 Å². The van der Waals surface area contributed by atoms with Gasteiger partial charge in [0.2, 0.25) is 0 Å². The number of piperidine rings is 1. The van der Waals surface area contributed by atoms with E-state index >= 15 is 0 Å². The summed E-state index contributed by atoms with van der Waals surface area (Å²) >= 11 is 0. The molecule has 80 valence electrons. The summed E-state index contributed by atoms with van der Waals surface area (Å²) in [7, 11) is 1.52. The van der Waals surface area contributed by atoms with Gasteiger partial charge in [-0.05, 0) is 25.9 Å². The van der Waals surface area contributed by atoms with Crippen molar-refractivity contribution in [2.24, 2.45) is 0 Å². The molecule has 5 nitrogen and oxygen atoms in total. The standard InChI is InChI=1S/C8H13N3O2.ClH/c1-11-6(12)8(10-7(11)13)2-4-9-5-3-8;/h9H,2-5H2,1H3,(H,10,13);1H. The first kappa shape index (κ1) is 11.3. The minimum absolute atomic E-state index is 0. The molecule has 0 aliphatic carbocycles. The van der Waals surface area contributed by atoms with Gasteiger partial charge in [0.25, 0.3) is 5.91 Å². The van der Waals surface area contributed by atoms with Crippen LogP contribution in [0.1, 0.15) is 12.8 Å². The van der Waals surface area contributed by atoms with Gasteiger partial charge in [0.1, 0.15) is 5.54 Å². The summed E-state index contributed by atoms with van der Waals surface area (Å²) in [6, 6.07) is -0.271. The molecule has 0 saturated carbocycles. The summed E-state index contributed by atoms with van der Waals surface area (Å²) in [6.45, 7) is 1.58. The van der Waals surface area contributed by atoms with Crippen LogP contribution in [0.2, 0.25) is 0 Å². The lowest BCUT2D eigenvalue weighted by Crippen LogP contribution is -2.53. The first-order valence-corrected chi connectivity index (χ1v) is 4.47. The summed E-state index contributed by atoms with van der Waals surface area (Å²) in [6.07, 6.45) is 1.39. The van der Waals surface area contributed by atoms with Crippen LogP contribution in [-0.4, -0.2) is 42.5 Å². The number of likely N-dealkylation sites (N-methyl/N-ethyl adjacent to an activating group) is 1. The molecule has 0 unspecified atom stereocenters. The van der Waals surface area contributed by atoms with E-state index in [1.54, 1.807) is 0 Å². The highest BCUT2D eigenvalue weighted by atomic mass is 35.5. The van der Waals surface area contributed by atoms with E-state index in [2.05, 4.69) is 10.6 Å². The second kappa shape index (κ2) is 3.74. The van der Waals surface area contributed by atoms with Gasteiger partial charge in [-0.25, -0.2) is 4.79 Å². The molecule has 2 fully saturated rings. The van der Waals surface area contributed by atoms with Gasteiger partial charge in [0.15, 0.2) is 0 Å². The maximum atomic E-state index is 11.7. The molecule has 0 atom stereocenters. The van der Waals surface area contributed by atoms with Gasteiger partial charge in [-0.2, -0.15) is 0 Å². The van der Waals surface area contributed by atoms with E-state index in [1.165, 1.54) is 11.9 Å². The van der Waals surface area contributed by atoms with E-state index in [-0.39, 0.29) is 24.3 Å². The lowest BCUT2D eigenvalue weighted by atomic mass is 9.88. The smallest absolute Gasteiger partial charge is 0.323 e. The number of nitrogens with zero attached hydrogens (tertiary/aromatic N) is 1. The molecule has 6 heteroatoms. The van der Waals surface area contributed by atoms with Crippen molar-refractivity contribution >= 4 is 24.3 Å². The van der Waals surface area contributed by atoms with Gasteiger partial charge in [0, 0.05) is 7.05 Å². The van der Waals surface area contributed by atoms with Crippen molar-refractivity contribution in [1.82, 2.24) is 15.5 Å². The quantitative estimate of drug-likeness (QED) is 0.551. The topological polar surface area (TPSA) is 61.4 Å². The van der Waals surface area contributed by atoms with Crippen molar-refractivity contribution in [2.45, 2.75) is 18.4 Å². The first-order chi connectivity index (χ1) is 6.16. The highest BCUT2D eigenvalue weighted by Crippen LogP contribution is 2.25. The number of rotatable bonds is 0. The van der Waals surface area contributed by atoms with Crippen LogP contribution < -0.4 is 10.6 Å². The van der Waals surface area contributed by atoms with Crippen molar-refractivity contribution in [1.29, 1.82) is 0 Å². The zero-order valence-electron chi connectivity index (χ0n) is 8.00. The molecule has 0 radical (unpaired) electrons. The summed E-state index contributed by atoms with van der Waals surface area (Å²) < 4.78 is 0. The fourth-order valence-corrected chi connectivity index (χ4v) is 1.95. The van der Waals surface area contributed by atoms with E-state index in [4.69, 9.17) is 0 Å². The van der Waals surface area contributed by atoms with Crippen LogP contribution in [0.3, 0.4) is 0 Å². The molecule has 2 saturated heterocycles. The van der Waals surface area contributed by atoms with Crippen LogP contribution in [0.15, 0.2) is 0 Å². The third-order valence-corrected chi connectivity index (χ3v) is 2.82. The fraction of sp³-hybridized carbons (Fsp3) is 0.750. The van der Waals surface area contributed by atoms with E-state index < -0.39 is 5.54 Å². The molecular weight excluding hydrogens is 206 g/mol. The van der Waals surface area contributed by atoms with Crippen molar-refractivity contribution in [3.05, 3.63) is 0 Å². The summed E-state index contributed by atoms with van der Waals surface area (Å²) in [5.74, 6) is -0.0843. The average Bonchev–Trinajstić information content (AvgIpc) is 2.33. The molecule has 0 aromatic heterocycles. The number of carbonyl (C=O) groups is 2. The molecule has 3 amide bonds. The van der Waals surface area contributed by atoms with Crippen LogP contribution >= 0.6 is 12.4 Å². The van der Waals surface area contributed by atoms with Gasteiger partial charge < -0.3 is 10.6 Å². The Hall–Kier alpha value is -0.810. The lowest BCUT2D eigenvalue weighted by molar-refractivity contribution is -0.131. The Morgan fingerprint density at radius 1 is 1.29 bits per heavy atom. The maximum absolute atomic E-state index is 11.7. The Labute approximate surface area is 88.6 Å². The number of halogens is 1. The first-order valence-electron chi connectivity index (χ1n) is 4.47. The normalized spacial score (nSPS) is 24.8. The minimum atomic E-state index is -0.600. The molecule has 2 rings (SSSR count). The number of hydrogen-bond donors (Lipinski definition) is 2. The van der Waals surface area contributed by atoms with Crippen LogP contribution in [0.5, 0.6) is 0 Å². The average molecular weight is 220 g/mol. The highest BCUT2D eigenvalue weighted by Gasteiger charge is 2.49. The molecular formula is C8H14ClN3O2. The predicted octanol–water partition coefficient (Wildman–Crippen LogP) is -0.288. The third-order valence-electron chi connectivity index (χ3n) is 2.82. The SMILES string of the molecule is CN1C(=O)NC2(CCNCC2)C1=O.Cl. The molecule has 2 N–H and O–H groups in total. The Kier molecular flexibility index (Phi) is 3.01. The maximum Gasteiger partial charge on any atom is 0.324 e. The highest BCUT2D eigenvalue weighted by molar-refractivity contribution is 6.06. The van der Waals surface area contributed by atoms with Gasteiger partial charge in [-0.15, -0.1) is 12.4 Å². The second-order valence-corrected chi connectivity index (χ2v) is 3.63. The Balaban J connectivity index is 0.000000980. The third kappa shape index (κ3) is 1.46. The van der Waals surface area contributed by atoms with Crippen LogP contribution in [0, 0.1) is 0 Å². The minimum Gasteiger partial charge on any atom is -0.323 e. The Morgan fingerprint density at radius 3 is 2.29 bits per heavy atom. The Bertz CT molecular complexity index is 263. The lowest BCUT2D eigenvalue weighted by Gasteiger charge is -2.30. The van der Waals surface area contributed by atoms with Gasteiger partial charge in [-0.3, -0.25) is 9.69 Å². The molecule has 2 aliphatic heterocycles. The van der Waals surface area contributed by atoms with E-state index in [9.17, 15) is 9.59 Å². The molecule has 0 bridgehead atoms. The number of urea groups is 1. The Morgan fingerprint density at radius 2 is 1.86 bits per heavy atom. The van der Waals surface area contributed by atoms with Crippen molar-refractivity contribution in [3.63, 3.8) is 0 Å². The second-order valence-electron chi connectivity index (χ2n) is 3.63. The van der Waals surface area contributed by atoms with Crippen LogP contribution in [-0.2, 0) is 4.79 Å². The zero-order valence-corrected chi connectivity index (χ0v) is 8.82. The van der Waals surface area contributed by atoms with Crippen molar-refractivity contribution in [2.75, 3.05) is 20.1 Å². The van der Waals surface area contributed by atoms with Gasteiger partial charge in [0.05, 0.1) is 0 Å². The molecule has 2 aliphatic rings. The van der Waals surface area contributed by atoms with Crippen molar-refractivity contribution in [3.8, 4) is 0 Å². The molecule has 0 aromatic rings.